The number of methoxy groups -OCH3 is 1. The van der Waals surface area contributed by atoms with Crippen LogP contribution in [0, 0.1) is 6.92 Å². The topological polar surface area (TPSA) is 77.7 Å². The van der Waals surface area contributed by atoms with Crippen LogP contribution in [0.25, 0.3) is 11.3 Å². The Labute approximate surface area is 175 Å². The minimum Gasteiger partial charge on any atom is -0.497 e. The number of benzene rings is 1. The Morgan fingerprint density at radius 2 is 2.10 bits per heavy atom. The maximum atomic E-state index is 13.0. The molecule has 0 aliphatic carbocycles. The van der Waals surface area contributed by atoms with Gasteiger partial charge in [-0.2, -0.15) is 0 Å². The lowest BCUT2D eigenvalue weighted by molar-refractivity contribution is -0.0246. The van der Waals surface area contributed by atoms with Crippen molar-refractivity contribution in [2.24, 2.45) is 0 Å². The van der Waals surface area contributed by atoms with Crippen LogP contribution in [-0.2, 0) is 11.2 Å². The van der Waals surface area contributed by atoms with Crippen molar-refractivity contribution in [3.8, 4) is 17.0 Å². The van der Waals surface area contributed by atoms with Gasteiger partial charge in [0.2, 0.25) is 0 Å². The van der Waals surface area contributed by atoms with Gasteiger partial charge in [-0.05, 0) is 37.3 Å². The summed E-state index contributed by atoms with van der Waals surface area (Å²) in [5.41, 5.74) is 3.95. The van der Waals surface area contributed by atoms with E-state index in [1.54, 1.807) is 24.1 Å². The number of aryl methyl sites for hydroxylation is 2. The molecular formula is C23H25N3O4. The monoisotopic (exact) mass is 407 g/mol. The number of ether oxygens (including phenoxy) is 2. The lowest BCUT2D eigenvalue weighted by Crippen LogP contribution is -2.42. The summed E-state index contributed by atoms with van der Waals surface area (Å²) in [5, 5.41) is 4.08. The van der Waals surface area contributed by atoms with E-state index in [9.17, 15) is 4.79 Å². The average molecular weight is 407 g/mol. The predicted molar refractivity (Wildman–Crippen MR) is 111 cm³/mol. The smallest absolute Gasteiger partial charge is 0.254 e. The Balaban J connectivity index is 1.56. The van der Waals surface area contributed by atoms with Crippen LogP contribution in [0.2, 0.25) is 0 Å². The molecule has 3 aromatic rings. The summed E-state index contributed by atoms with van der Waals surface area (Å²) in [5.74, 6) is 1.44. The van der Waals surface area contributed by atoms with Gasteiger partial charge >= 0.3 is 0 Å². The molecule has 2 aromatic heterocycles. The second-order valence-corrected chi connectivity index (χ2v) is 7.21. The van der Waals surface area contributed by atoms with E-state index in [1.165, 1.54) is 0 Å². The van der Waals surface area contributed by atoms with E-state index in [4.69, 9.17) is 19.0 Å². The summed E-state index contributed by atoms with van der Waals surface area (Å²) in [6, 6.07) is 13.0. The summed E-state index contributed by atoms with van der Waals surface area (Å²) in [6.45, 7) is 5.38. The van der Waals surface area contributed by atoms with Crippen molar-refractivity contribution in [2.75, 3.05) is 26.8 Å². The van der Waals surface area contributed by atoms with Gasteiger partial charge in [0.1, 0.15) is 17.6 Å². The Bertz CT molecular complexity index is 1050. The minimum absolute atomic E-state index is 0.0403. The summed E-state index contributed by atoms with van der Waals surface area (Å²) in [4.78, 5) is 19.6. The molecule has 0 bridgehead atoms. The lowest BCUT2D eigenvalue weighted by atomic mass is 10.1. The molecule has 3 heterocycles. The summed E-state index contributed by atoms with van der Waals surface area (Å²) in [7, 11) is 1.59. The van der Waals surface area contributed by atoms with Crippen LogP contribution in [0.1, 0.15) is 40.5 Å². The van der Waals surface area contributed by atoms with E-state index in [2.05, 4.69) is 5.16 Å². The first-order valence-electron chi connectivity index (χ1n) is 10.1. The third-order valence-electron chi connectivity index (χ3n) is 5.28. The standard InChI is InChI=1S/C23H25N3O4/c1-4-20-22(15(2)25-30-20)19-10-6-9-18(24-19)21-14-26(11-12-29-21)23(27)16-7-5-8-17(13-16)28-3/h5-10,13,21H,4,11-12,14H2,1-3H3. The average Bonchev–Trinajstić information content (AvgIpc) is 3.19. The van der Waals surface area contributed by atoms with Crippen LogP contribution in [0.4, 0.5) is 0 Å². The van der Waals surface area contributed by atoms with Crippen molar-refractivity contribution in [3.05, 3.63) is 65.2 Å². The molecule has 7 nitrogen and oxygen atoms in total. The molecule has 1 atom stereocenters. The maximum Gasteiger partial charge on any atom is 0.254 e. The zero-order valence-electron chi connectivity index (χ0n) is 17.4. The highest BCUT2D eigenvalue weighted by Crippen LogP contribution is 2.29. The Morgan fingerprint density at radius 3 is 2.90 bits per heavy atom. The van der Waals surface area contributed by atoms with Gasteiger partial charge in [0.15, 0.2) is 0 Å². The fraction of sp³-hybridized carbons (Fsp3) is 0.348. The highest BCUT2D eigenvalue weighted by molar-refractivity contribution is 5.94. The molecule has 1 fully saturated rings. The molecular weight excluding hydrogens is 382 g/mol. The number of rotatable bonds is 5. The number of pyridine rings is 1. The molecule has 1 unspecified atom stereocenters. The SMILES string of the molecule is CCc1onc(C)c1-c1cccc(C2CN(C(=O)c3cccc(OC)c3)CCO2)n1. The molecule has 1 aromatic carbocycles. The summed E-state index contributed by atoms with van der Waals surface area (Å²) >= 11 is 0. The number of hydrogen-bond acceptors (Lipinski definition) is 6. The van der Waals surface area contributed by atoms with E-state index in [0.717, 1.165) is 34.8 Å². The molecule has 0 saturated carbocycles. The van der Waals surface area contributed by atoms with Gasteiger partial charge in [-0.1, -0.05) is 24.2 Å². The van der Waals surface area contributed by atoms with Gasteiger partial charge in [0.25, 0.3) is 5.91 Å². The van der Waals surface area contributed by atoms with E-state index < -0.39 is 0 Å². The summed E-state index contributed by atoms with van der Waals surface area (Å²) < 4.78 is 16.6. The van der Waals surface area contributed by atoms with E-state index in [-0.39, 0.29) is 12.0 Å². The molecule has 1 aliphatic heterocycles. The fourth-order valence-electron chi connectivity index (χ4n) is 3.71. The third kappa shape index (κ3) is 3.93. The zero-order valence-corrected chi connectivity index (χ0v) is 17.4. The van der Waals surface area contributed by atoms with Gasteiger partial charge < -0.3 is 18.9 Å². The number of carbonyl (C=O) groups excluding carboxylic acids is 1. The fourth-order valence-corrected chi connectivity index (χ4v) is 3.71. The minimum atomic E-state index is -0.293. The van der Waals surface area contributed by atoms with Crippen LogP contribution in [-0.4, -0.2) is 47.8 Å². The van der Waals surface area contributed by atoms with E-state index >= 15 is 0 Å². The van der Waals surface area contributed by atoms with Crippen LogP contribution in [0.3, 0.4) is 0 Å². The van der Waals surface area contributed by atoms with E-state index in [0.29, 0.717) is 31.0 Å². The molecule has 1 aliphatic rings. The van der Waals surface area contributed by atoms with Crippen LogP contribution < -0.4 is 4.74 Å². The molecule has 156 valence electrons. The Kier molecular flexibility index (Phi) is 5.81. The number of hydrogen-bond donors (Lipinski definition) is 0. The number of nitrogens with zero attached hydrogens (tertiary/aromatic N) is 3. The molecule has 1 saturated heterocycles. The first-order chi connectivity index (χ1) is 14.6. The largest absolute Gasteiger partial charge is 0.497 e. The Hall–Kier alpha value is -3.19. The van der Waals surface area contributed by atoms with Crippen molar-refractivity contribution < 1.29 is 18.8 Å². The molecule has 1 amide bonds. The van der Waals surface area contributed by atoms with Crippen LogP contribution in [0.5, 0.6) is 5.75 Å². The highest BCUT2D eigenvalue weighted by Gasteiger charge is 2.28. The number of aromatic nitrogens is 2. The quantitative estimate of drug-likeness (QED) is 0.640. The van der Waals surface area contributed by atoms with Gasteiger partial charge in [-0.15, -0.1) is 0 Å². The normalized spacial score (nSPS) is 16.5. The van der Waals surface area contributed by atoms with Crippen molar-refractivity contribution >= 4 is 5.91 Å². The van der Waals surface area contributed by atoms with Crippen LogP contribution in [0.15, 0.2) is 47.0 Å². The number of carbonyl (C=O) groups is 1. The van der Waals surface area contributed by atoms with Crippen LogP contribution >= 0.6 is 0 Å². The molecule has 30 heavy (non-hydrogen) atoms. The van der Waals surface area contributed by atoms with Crippen molar-refractivity contribution in [1.82, 2.24) is 15.0 Å². The number of amides is 1. The van der Waals surface area contributed by atoms with E-state index in [1.807, 2.05) is 44.2 Å². The van der Waals surface area contributed by atoms with Crippen molar-refractivity contribution in [3.63, 3.8) is 0 Å². The molecule has 0 radical (unpaired) electrons. The molecule has 4 rings (SSSR count). The van der Waals surface area contributed by atoms with Crippen molar-refractivity contribution in [2.45, 2.75) is 26.4 Å². The second kappa shape index (κ2) is 8.67. The maximum absolute atomic E-state index is 13.0. The summed E-state index contributed by atoms with van der Waals surface area (Å²) in [6.07, 6.45) is 0.448. The van der Waals surface area contributed by atoms with Gasteiger partial charge in [-0.3, -0.25) is 4.79 Å². The first kappa shape index (κ1) is 20.1. The van der Waals surface area contributed by atoms with Gasteiger partial charge in [-0.25, -0.2) is 4.98 Å². The highest BCUT2D eigenvalue weighted by atomic mass is 16.5. The third-order valence-corrected chi connectivity index (χ3v) is 5.28. The zero-order chi connectivity index (χ0) is 21.1. The number of morpholine rings is 1. The Morgan fingerprint density at radius 1 is 1.27 bits per heavy atom. The van der Waals surface area contributed by atoms with Crippen molar-refractivity contribution in [1.29, 1.82) is 0 Å². The van der Waals surface area contributed by atoms with Gasteiger partial charge in [0, 0.05) is 18.5 Å². The molecule has 0 spiro atoms. The van der Waals surface area contributed by atoms with Gasteiger partial charge in [0.05, 0.1) is 42.9 Å². The second-order valence-electron chi connectivity index (χ2n) is 7.21. The predicted octanol–water partition coefficient (Wildman–Crippen LogP) is 3.83. The first-order valence-corrected chi connectivity index (χ1v) is 10.1. The lowest BCUT2D eigenvalue weighted by Gasteiger charge is -2.33. The molecule has 7 heteroatoms. The molecule has 0 N–H and O–H groups in total.